The van der Waals surface area contributed by atoms with Crippen LogP contribution in [-0.2, 0) is 4.79 Å². The fraction of sp³-hybridized carbons (Fsp3) is 0.0588. The van der Waals surface area contributed by atoms with Crippen molar-refractivity contribution in [3.05, 3.63) is 77.5 Å². The topological polar surface area (TPSA) is 46.2 Å². The van der Waals surface area contributed by atoms with E-state index < -0.39 is 0 Å². The van der Waals surface area contributed by atoms with Crippen LogP contribution in [0.25, 0.3) is 6.08 Å². The van der Waals surface area contributed by atoms with Crippen LogP contribution in [0.1, 0.15) is 22.8 Å². The molecule has 1 N–H and O–H groups in total. The van der Waals surface area contributed by atoms with Gasteiger partial charge in [0.15, 0.2) is 0 Å². The minimum absolute atomic E-state index is 0.204. The Morgan fingerprint density at radius 3 is 2.00 bits per heavy atom. The van der Waals surface area contributed by atoms with Gasteiger partial charge < -0.3 is 5.32 Å². The number of benzene rings is 2. The summed E-state index contributed by atoms with van der Waals surface area (Å²) in [6.45, 7) is 1.39. The van der Waals surface area contributed by atoms with E-state index >= 15 is 0 Å². The minimum atomic E-state index is -0.267. The van der Waals surface area contributed by atoms with E-state index in [1.54, 1.807) is 30.3 Å². The van der Waals surface area contributed by atoms with Gasteiger partial charge in [0.25, 0.3) is 0 Å². The second-order valence-electron chi connectivity index (χ2n) is 4.35. The van der Waals surface area contributed by atoms with Crippen molar-refractivity contribution in [1.82, 2.24) is 5.32 Å². The third kappa shape index (κ3) is 3.65. The third-order valence-electron chi connectivity index (χ3n) is 2.70. The van der Waals surface area contributed by atoms with Crippen molar-refractivity contribution >= 4 is 17.8 Å². The van der Waals surface area contributed by atoms with Gasteiger partial charge in [0, 0.05) is 12.5 Å². The third-order valence-corrected chi connectivity index (χ3v) is 2.70. The van der Waals surface area contributed by atoms with Crippen LogP contribution in [0.15, 0.2) is 66.4 Å². The molecule has 0 aliphatic heterocycles. The Balaban J connectivity index is 2.36. The lowest BCUT2D eigenvalue weighted by Gasteiger charge is -2.07. The first-order valence-electron chi connectivity index (χ1n) is 6.31. The van der Waals surface area contributed by atoms with Crippen molar-refractivity contribution in [2.24, 2.45) is 0 Å². The summed E-state index contributed by atoms with van der Waals surface area (Å²) >= 11 is 0. The average Bonchev–Trinajstić information content (AvgIpc) is 2.47. The quantitative estimate of drug-likeness (QED) is 0.682. The molecule has 0 fully saturated rings. The van der Waals surface area contributed by atoms with Gasteiger partial charge in [-0.3, -0.25) is 9.59 Å². The second-order valence-corrected chi connectivity index (χ2v) is 4.35. The van der Waals surface area contributed by atoms with Crippen molar-refractivity contribution in [1.29, 1.82) is 0 Å². The number of Topliss-reactive ketones (excluding diaryl/α,β-unsaturated/α-hetero) is 1. The zero-order valence-corrected chi connectivity index (χ0v) is 11.2. The maximum atomic E-state index is 12.4. The molecule has 0 spiro atoms. The number of hydrogen-bond donors (Lipinski definition) is 1. The van der Waals surface area contributed by atoms with Crippen LogP contribution in [0.2, 0.25) is 0 Å². The summed E-state index contributed by atoms with van der Waals surface area (Å²) < 4.78 is 0. The molecule has 3 nitrogen and oxygen atoms in total. The zero-order chi connectivity index (χ0) is 14.4. The molecule has 0 bridgehead atoms. The van der Waals surface area contributed by atoms with E-state index in [4.69, 9.17) is 0 Å². The molecule has 0 atom stereocenters. The molecular formula is C17H15NO2. The Morgan fingerprint density at radius 2 is 1.45 bits per heavy atom. The molecule has 0 aromatic heterocycles. The Labute approximate surface area is 117 Å². The number of nitrogens with one attached hydrogen (secondary N) is 1. The Kier molecular flexibility index (Phi) is 4.45. The molecule has 0 unspecified atom stereocenters. The predicted molar refractivity (Wildman–Crippen MR) is 79.0 cm³/mol. The van der Waals surface area contributed by atoms with Gasteiger partial charge in [-0.15, -0.1) is 0 Å². The molecule has 0 radical (unpaired) electrons. The minimum Gasteiger partial charge on any atom is -0.323 e. The summed E-state index contributed by atoms with van der Waals surface area (Å²) in [7, 11) is 0. The highest BCUT2D eigenvalue weighted by molar-refractivity contribution is 6.12. The highest BCUT2D eigenvalue weighted by Gasteiger charge is 2.13. The fourth-order valence-electron chi connectivity index (χ4n) is 1.81. The molecule has 0 aliphatic rings. The van der Waals surface area contributed by atoms with Crippen LogP contribution in [0.5, 0.6) is 0 Å². The summed E-state index contributed by atoms with van der Waals surface area (Å²) in [5, 5.41) is 2.60. The van der Waals surface area contributed by atoms with Gasteiger partial charge in [-0.2, -0.15) is 0 Å². The molecular weight excluding hydrogens is 250 g/mol. The van der Waals surface area contributed by atoms with Gasteiger partial charge >= 0.3 is 0 Å². The van der Waals surface area contributed by atoms with Gasteiger partial charge in [0.2, 0.25) is 11.7 Å². The van der Waals surface area contributed by atoms with Crippen molar-refractivity contribution in [3.8, 4) is 0 Å². The number of hydrogen-bond acceptors (Lipinski definition) is 2. The molecule has 2 rings (SSSR count). The van der Waals surface area contributed by atoms with E-state index in [2.05, 4.69) is 5.32 Å². The smallest absolute Gasteiger partial charge is 0.221 e. The first kappa shape index (κ1) is 13.7. The summed E-state index contributed by atoms with van der Waals surface area (Å²) in [4.78, 5) is 23.7. The normalized spacial score (nSPS) is 10.9. The lowest BCUT2D eigenvalue weighted by Crippen LogP contribution is -2.24. The van der Waals surface area contributed by atoms with E-state index in [9.17, 15) is 9.59 Å². The number of amides is 1. The summed E-state index contributed by atoms with van der Waals surface area (Å²) in [6, 6.07) is 18.3. The lowest BCUT2D eigenvalue weighted by atomic mass is 10.1. The number of rotatable bonds is 4. The van der Waals surface area contributed by atoms with Gasteiger partial charge in [-0.1, -0.05) is 60.7 Å². The van der Waals surface area contributed by atoms with Crippen molar-refractivity contribution in [2.75, 3.05) is 0 Å². The fourth-order valence-corrected chi connectivity index (χ4v) is 1.81. The first-order valence-corrected chi connectivity index (χ1v) is 6.31. The summed E-state index contributed by atoms with van der Waals surface area (Å²) in [5.41, 5.74) is 1.68. The molecule has 20 heavy (non-hydrogen) atoms. The Bertz CT molecular complexity index is 631. The number of allylic oxidation sites excluding steroid dienone is 1. The summed E-state index contributed by atoms with van der Waals surface area (Å²) in [5.74, 6) is -0.471. The largest absolute Gasteiger partial charge is 0.323 e. The number of carbonyl (C=O) groups is 2. The van der Waals surface area contributed by atoms with Crippen LogP contribution >= 0.6 is 0 Å². The maximum Gasteiger partial charge on any atom is 0.221 e. The van der Waals surface area contributed by atoms with Crippen molar-refractivity contribution in [2.45, 2.75) is 6.92 Å². The van der Waals surface area contributed by atoms with E-state index in [1.807, 2.05) is 36.4 Å². The van der Waals surface area contributed by atoms with Gasteiger partial charge in [-0.05, 0) is 11.6 Å². The molecule has 2 aromatic carbocycles. The summed E-state index contributed by atoms with van der Waals surface area (Å²) in [6.07, 6.45) is 1.68. The standard InChI is InChI=1S/C17H15NO2/c1-13(19)18-16(12-14-8-4-2-5-9-14)17(20)15-10-6-3-7-11-15/h2-12H,1H3,(H,18,19)/b16-12-. The molecule has 0 aliphatic carbocycles. The molecule has 100 valence electrons. The monoisotopic (exact) mass is 265 g/mol. The Morgan fingerprint density at radius 1 is 0.900 bits per heavy atom. The molecule has 0 heterocycles. The van der Waals surface area contributed by atoms with E-state index in [0.717, 1.165) is 5.56 Å². The van der Waals surface area contributed by atoms with Gasteiger partial charge in [0.1, 0.15) is 0 Å². The predicted octanol–water partition coefficient (Wildman–Crippen LogP) is 3.05. The highest BCUT2D eigenvalue weighted by Crippen LogP contribution is 2.11. The molecule has 0 saturated carbocycles. The maximum absolute atomic E-state index is 12.4. The lowest BCUT2D eigenvalue weighted by molar-refractivity contribution is -0.118. The van der Waals surface area contributed by atoms with Crippen LogP contribution in [-0.4, -0.2) is 11.7 Å². The van der Waals surface area contributed by atoms with Crippen LogP contribution in [0, 0.1) is 0 Å². The van der Waals surface area contributed by atoms with Crippen LogP contribution < -0.4 is 5.32 Å². The molecule has 2 aromatic rings. The van der Waals surface area contributed by atoms with Crippen LogP contribution in [0.4, 0.5) is 0 Å². The van der Waals surface area contributed by atoms with Gasteiger partial charge in [-0.25, -0.2) is 0 Å². The van der Waals surface area contributed by atoms with E-state index in [1.165, 1.54) is 6.92 Å². The molecule has 3 heteroatoms. The highest BCUT2D eigenvalue weighted by atomic mass is 16.2. The number of ketones is 1. The van der Waals surface area contributed by atoms with Crippen molar-refractivity contribution < 1.29 is 9.59 Å². The molecule has 0 saturated heterocycles. The Hall–Kier alpha value is -2.68. The molecule has 1 amide bonds. The van der Waals surface area contributed by atoms with E-state index in [0.29, 0.717) is 5.56 Å². The SMILES string of the molecule is CC(=O)N/C(=C\c1ccccc1)C(=O)c1ccccc1. The first-order chi connectivity index (χ1) is 9.66. The second kappa shape index (κ2) is 6.48. The van der Waals surface area contributed by atoms with E-state index in [-0.39, 0.29) is 17.4 Å². The zero-order valence-electron chi connectivity index (χ0n) is 11.2. The number of carbonyl (C=O) groups excluding carboxylic acids is 2. The van der Waals surface area contributed by atoms with Gasteiger partial charge in [0.05, 0.1) is 5.70 Å². The van der Waals surface area contributed by atoms with Crippen LogP contribution in [0.3, 0.4) is 0 Å². The van der Waals surface area contributed by atoms with Crippen molar-refractivity contribution in [3.63, 3.8) is 0 Å². The average molecular weight is 265 g/mol.